The molecular weight excluding hydrogens is 260 g/mol. The fourth-order valence-corrected chi connectivity index (χ4v) is 1.50. The Hall–Kier alpha value is -1.95. The number of methoxy groups -OCH3 is 1. The Labute approximate surface area is 119 Å². The van der Waals surface area contributed by atoms with Gasteiger partial charge in [-0.15, -0.1) is 0 Å². The van der Waals surface area contributed by atoms with E-state index in [0.29, 0.717) is 31.3 Å². The normalized spacial score (nSPS) is 9.90. The first kappa shape index (κ1) is 16.1. The van der Waals surface area contributed by atoms with E-state index in [1.54, 1.807) is 19.2 Å². The van der Waals surface area contributed by atoms with Gasteiger partial charge >= 0.3 is 6.03 Å². The van der Waals surface area contributed by atoms with Crippen LogP contribution in [0.25, 0.3) is 0 Å². The molecule has 20 heavy (non-hydrogen) atoms. The first-order valence-electron chi connectivity index (χ1n) is 6.63. The molecule has 1 aromatic carbocycles. The summed E-state index contributed by atoms with van der Waals surface area (Å²) >= 11 is 0. The molecule has 0 saturated carbocycles. The Bertz CT molecular complexity index is 399. The fraction of sp³-hybridized carbons (Fsp3) is 0.500. The lowest BCUT2D eigenvalue weighted by Gasteiger charge is -2.11. The van der Waals surface area contributed by atoms with Crippen molar-refractivity contribution in [3.8, 4) is 11.5 Å². The number of para-hydroxylation sites is 2. The molecule has 0 spiro atoms. The highest BCUT2D eigenvalue weighted by molar-refractivity contribution is 5.73. The molecular formula is C14H22N2O4. The van der Waals surface area contributed by atoms with Gasteiger partial charge in [0.25, 0.3) is 0 Å². The van der Waals surface area contributed by atoms with Crippen LogP contribution in [0.2, 0.25) is 0 Å². The number of nitrogens with one attached hydrogen (secondary N) is 2. The van der Waals surface area contributed by atoms with Gasteiger partial charge in [-0.2, -0.15) is 0 Å². The number of hydrogen-bond donors (Lipinski definition) is 2. The van der Waals surface area contributed by atoms with Crippen molar-refractivity contribution in [1.29, 1.82) is 0 Å². The molecule has 0 bridgehead atoms. The zero-order chi connectivity index (χ0) is 14.6. The van der Waals surface area contributed by atoms with Crippen molar-refractivity contribution < 1.29 is 19.0 Å². The Morgan fingerprint density at radius 1 is 1.20 bits per heavy atom. The van der Waals surface area contributed by atoms with Crippen LogP contribution in [0.5, 0.6) is 11.5 Å². The van der Waals surface area contributed by atoms with Gasteiger partial charge in [0.15, 0.2) is 18.2 Å². The second-order valence-electron chi connectivity index (χ2n) is 3.92. The van der Waals surface area contributed by atoms with Crippen molar-refractivity contribution in [1.82, 2.24) is 10.6 Å². The molecule has 1 rings (SSSR count). The van der Waals surface area contributed by atoms with E-state index in [0.717, 1.165) is 6.42 Å². The zero-order valence-electron chi connectivity index (χ0n) is 12.0. The first-order chi connectivity index (χ1) is 9.77. The van der Waals surface area contributed by atoms with Crippen molar-refractivity contribution in [3.63, 3.8) is 0 Å². The number of hydrogen-bond acceptors (Lipinski definition) is 4. The van der Waals surface area contributed by atoms with Crippen molar-refractivity contribution >= 4 is 6.03 Å². The van der Waals surface area contributed by atoms with Crippen molar-refractivity contribution in [2.24, 2.45) is 0 Å². The van der Waals surface area contributed by atoms with Crippen LogP contribution in [0.1, 0.15) is 13.3 Å². The van der Waals surface area contributed by atoms with Gasteiger partial charge in [-0.05, 0) is 25.5 Å². The lowest BCUT2D eigenvalue weighted by molar-refractivity contribution is 0.145. The van der Waals surface area contributed by atoms with Gasteiger partial charge < -0.3 is 24.8 Å². The molecule has 0 aliphatic carbocycles. The Balaban J connectivity index is 2.15. The molecule has 1 aromatic rings. The van der Waals surface area contributed by atoms with E-state index < -0.39 is 0 Å². The molecule has 0 aliphatic heterocycles. The van der Waals surface area contributed by atoms with E-state index in [4.69, 9.17) is 14.2 Å². The van der Waals surface area contributed by atoms with Crippen LogP contribution >= 0.6 is 0 Å². The van der Waals surface area contributed by atoms with Crippen LogP contribution < -0.4 is 20.1 Å². The number of carbonyl (C=O) groups is 1. The fourth-order valence-electron chi connectivity index (χ4n) is 1.50. The quantitative estimate of drug-likeness (QED) is 0.535. The topological polar surface area (TPSA) is 68.8 Å². The van der Waals surface area contributed by atoms with E-state index in [-0.39, 0.29) is 12.8 Å². The lowest BCUT2D eigenvalue weighted by Crippen LogP contribution is -2.38. The molecule has 6 heteroatoms. The van der Waals surface area contributed by atoms with Crippen LogP contribution in [-0.4, -0.2) is 39.6 Å². The van der Waals surface area contributed by atoms with Gasteiger partial charge in [0.2, 0.25) is 0 Å². The average molecular weight is 282 g/mol. The minimum atomic E-state index is -0.267. The van der Waals surface area contributed by atoms with Gasteiger partial charge in [-0.1, -0.05) is 12.1 Å². The smallest absolute Gasteiger partial charge is 0.317 e. The highest BCUT2D eigenvalue weighted by Gasteiger charge is 2.03. The summed E-state index contributed by atoms with van der Waals surface area (Å²) in [6, 6.07) is 7.00. The first-order valence-corrected chi connectivity index (χ1v) is 6.63. The average Bonchev–Trinajstić information content (AvgIpc) is 2.47. The summed E-state index contributed by atoms with van der Waals surface area (Å²) in [7, 11) is 1.57. The molecule has 2 amide bonds. The van der Waals surface area contributed by atoms with Crippen molar-refractivity contribution in [3.05, 3.63) is 24.3 Å². The molecule has 0 saturated heterocycles. The predicted octanol–water partition coefficient (Wildman–Crippen LogP) is 1.76. The van der Waals surface area contributed by atoms with Gasteiger partial charge in [0.05, 0.1) is 7.11 Å². The van der Waals surface area contributed by atoms with Crippen LogP contribution in [0.4, 0.5) is 4.79 Å². The summed E-state index contributed by atoms with van der Waals surface area (Å²) in [5.74, 6) is 1.22. The second kappa shape index (κ2) is 9.91. The highest BCUT2D eigenvalue weighted by Crippen LogP contribution is 2.25. The number of benzene rings is 1. The van der Waals surface area contributed by atoms with E-state index in [2.05, 4.69) is 10.6 Å². The van der Waals surface area contributed by atoms with Crippen molar-refractivity contribution in [2.75, 3.05) is 33.6 Å². The Morgan fingerprint density at radius 3 is 2.65 bits per heavy atom. The van der Waals surface area contributed by atoms with E-state index in [1.807, 2.05) is 19.1 Å². The maximum absolute atomic E-state index is 11.4. The Morgan fingerprint density at radius 2 is 1.95 bits per heavy atom. The van der Waals surface area contributed by atoms with Crippen LogP contribution in [0.3, 0.4) is 0 Å². The maximum atomic E-state index is 11.4. The summed E-state index contributed by atoms with van der Waals surface area (Å²) in [6.07, 6.45) is 0.786. The minimum absolute atomic E-state index is 0.0810. The molecule has 2 N–H and O–H groups in total. The molecule has 0 atom stereocenters. The standard InChI is InChI=1S/C14H22N2O4/c1-3-19-10-6-9-15-14(17)16-11-20-13-8-5-4-7-12(13)18-2/h4-5,7-8H,3,6,9-11H2,1-2H3,(H2,15,16,17). The number of rotatable bonds is 9. The van der Waals surface area contributed by atoms with Gasteiger partial charge in [-0.3, -0.25) is 0 Å². The summed E-state index contributed by atoms with van der Waals surface area (Å²) in [6.45, 7) is 3.93. The van der Waals surface area contributed by atoms with Gasteiger partial charge in [0.1, 0.15) is 0 Å². The molecule has 0 heterocycles. The molecule has 0 aliphatic rings. The largest absolute Gasteiger partial charge is 0.493 e. The molecule has 0 unspecified atom stereocenters. The summed E-state index contributed by atoms with van der Waals surface area (Å²) in [4.78, 5) is 11.4. The number of urea groups is 1. The summed E-state index contributed by atoms with van der Waals surface area (Å²) < 4.78 is 15.7. The summed E-state index contributed by atoms with van der Waals surface area (Å²) in [5, 5.41) is 5.32. The predicted molar refractivity (Wildman–Crippen MR) is 76.1 cm³/mol. The molecule has 112 valence electrons. The SMILES string of the molecule is CCOCCCNC(=O)NCOc1ccccc1OC. The molecule has 0 radical (unpaired) electrons. The van der Waals surface area contributed by atoms with Crippen LogP contribution in [0.15, 0.2) is 24.3 Å². The summed E-state index contributed by atoms with van der Waals surface area (Å²) in [5.41, 5.74) is 0. The maximum Gasteiger partial charge on any atom is 0.317 e. The van der Waals surface area contributed by atoms with E-state index >= 15 is 0 Å². The third-order valence-corrected chi connectivity index (χ3v) is 2.48. The number of ether oxygens (including phenoxy) is 3. The lowest BCUT2D eigenvalue weighted by atomic mass is 10.3. The van der Waals surface area contributed by atoms with E-state index in [9.17, 15) is 4.79 Å². The Kier molecular flexibility index (Phi) is 7.98. The molecule has 6 nitrogen and oxygen atoms in total. The third-order valence-electron chi connectivity index (χ3n) is 2.48. The number of carbonyl (C=O) groups excluding carboxylic acids is 1. The van der Waals surface area contributed by atoms with Gasteiger partial charge in [-0.25, -0.2) is 4.79 Å². The zero-order valence-corrected chi connectivity index (χ0v) is 12.0. The van der Waals surface area contributed by atoms with Gasteiger partial charge in [0, 0.05) is 19.8 Å². The minimum Gasteiger partial charge on any atom is -0.493 e. The van der Waals surface area contributed by atoms with Crippen LogP contribution in [-0.2, 0) is 4.74 Å². The van der Waals surface area contributed by atoms with Crippen LogP contribution in [0, 0.1) is 0 Å². The van der Waals surface area contributed by atoms with E-state index in [1.165, 1.54) is 0 Å². The second-order valence-corrected chi connectivity index (χ2v) is 3.92. The monoisotopic (exact) mass is 282 g/mol. The third kappa shape index (κ3) is 6.29. The molecule has 0 fully saturated rings. The number of amides is 2. The highest BCUT2D eigenvalue weighted by atomic mass is 16.5. The molecule has 0 aromatic heterocycles. The van der Waals surface area contributed by atoms with Crippen molar-refractivity contribution in [2.45, 2.75) is 13.3 Å².